The molecule has 0 saturated heterocycles. The van der Waals surface area contributed by atoms with Gasteiger partial charge in [-0.25, -0.2) is 10.8 Å². The Morgan fingerprint density at radius 1 is 1.50 bits per heavy atom. The van der Waals surface area contributed by atoms with E-state index in [1.807, 2.05) is 18.2 Å². The van der Waals surface area contributed by atoms with Gasteiger partial charge in [-0.05, 0) is 47.0 Å². The molecule has 16 heavy (non-hydrogen) atoms. The van der Waals surface area contributed by atoms with E-state index in [0.29, 0.717) is 17.0 Å². The van der Waals surface area contributed by atoms with Crippen LogP contribution in [0.5, 0.6) is 0 Å². The van der Waals surface area contributed by atoms with Gasteiger partial charge in [-0.3, -0.25) is 5.43 Å². The Balaban J connectivity index is 2.09. The highest BCUT2D eigenvalue weighted by Gasteiger charge is 2.20. The quantitative estimate of drug-likeness (QED) is 0.340. The molecular weight excluding hydrogens is 291 g/mol. The van der Waals surface area contributed by atoms with Gasteiger partial charge < -0.3 is 5.32 Å². The van der Waals surface area contributed by atoms with Crippen molar-refractivity contribution < 1.29 is 0 Å². The standard InChI is InChI=1S/C10H12BrClN4/c11-8-4-3-7(5-9(8)12)15-10(16-13)14-6-1-2-6/h3-6H,1-2,13H2,(H2,14,15,16). The summed E-state index contributed by atoms with van der Waals surface area (Å²) in [5.41, 5.74) is 3.39. The number of hydrogen-bond acceptors (Lipinski definition) is 2. The largest absolute Gasteiger partial charge is 0.325 e. The van der Waals surface area contributed by atoms with E-state index in [1.54, 1.807) is 0 Å². The summed E-state index contributed by atoms with van der Waals surface area (Å²) in [4.78, 5) is 4.37. The lowest BCUT2D eigenvalue weighted by molar-refractivity contribution is 0.966. The highest BCUT2D eigenvalue weighted by Crippen LogP contribution is 2.26. The molecule has 0 atom stereocenters. The van der Waals surface area contributed by atoms with E-state index < -0.39 is 0 Å². The number of anilines is 1. The van der Waals surface area contributed by atoms with E-state index >= 15 is 0 Å². The van der Waals surface area contributed by atoms with Crippen LogP contribution in [0.3, 0.4) is 0 Å². The maximum Gasteiger partial charge on any atom is 0.210 e. The molecule has 1 aliphatic rings. The molecule has 0 aromatic heterocycles. The summed E-state index contributed by atoms with van der Waals surface area (Å²) in [5.74, 6) is 5.95. The summed E-state index contributed by atoms with van der Waals surface area (Å²) < 4.78 is 0.862. The third-order valence-corrected chi connectivity index (χ3v) is 3.41. The molecule has 1 aromatic carbocycles. The first-order valence-corrected chi connectivity index (χ1v) is 6.12. The van der Waals surface area contributed by atoms with Gasteiger partial charge in [-0.1, -0.05) is 11.6 Å². The van der Waals surface area contributed by atoms with Gasteiger partial charge in [0.1, 0.15) is 0 Å². The monoisotopic (exact) mass is 302 g/mol. The minimum absolute atomic E-state index is 0.407. The average molecular weight is 304 g/mol. The molecule has 1 aromatic rings. The van der Waals surface area contributed by atoms with Gasteiger partial charge in [0.05, 0.1) is 11.1 Å². The molecule has 4 nitrogen and oxygen atoms in total. The van der Waals surface area contributed by atoms with Gasteiger partial charge in [0.25, 0.3) is 0 Å². The van der Waals surface area contributed by atoms with E-state index in [0.717, 1.165) is 23.0 Å². The third kappa shape index (κ3) is 3.10. The Hall–Kier alpha value is -0.780. The summed E-state index contributed by atoms with van der Waals surface area (Å²) in [5, 5.41) is 3.72. The lowest BCUT2D eigenvalue weighted by atomic mass is 10.3. The van der Waals surface area contributed by atoms with E-state index in [1.165, 1.54) is 0 Å². The van der Waals surface area contributed by atoms with Crippen molar-refractivity contribution in [2.75, 3.05) is 5.32 Å². The normalized spacial score (nSPS) is 16.1. The summed E-state index contributed by atoms with van der Waals surface area (Å²) in [7, 11) is 0. The Morgan fingerprint density at radius 2 is 2.25 bits per heavy atom. The number of hydrogen-bond donors (Lipinski definition) is 3. The van der Waals surface area contributed by atoms with Gasteiger partial charge in [-0.15, -0.1) is 0 Å². The number of benzene rings is 1. The number of hydrazine groups is 1. The number of nitrogens with two attached hydrogens (primary N) is 1. The van der Waals surface area contributed by atoms with Crippen LogP contribution in [-0.2, 0) is 0 Å². The molecule has 0 radical (unpaired) electrons. The summed E-state index contributed by atoms with van der Waals surface area (Å²) in [6.45, 7) is 0. The van der Waals surface area contributed by atoms with Crippen molar-refractivity contribution >= 4 is 39.2 Å². The highest BCUT2D eigenvalue weighted by atomic mass is 79.9. The van der Waals surface area contributed by atoms with Crippen LogP contribution >= 0.6 is 27.5 Å². The molecule has 0 aliphatic heterocycles. The maximum atomic E-state index is 5.98. The van der Waals surface area contributed by atoms with Crippen LogP contribution in [0.4, 0.5) is 5.69 Å². The molecule has 1 fully saturated rings. The first-order chi connectivity index (χ1) is 7.69. The predicted molar refractivity (Wildman–Crippen MR) is 70.6 cm³/mol. The first kappa shape index (κ1) is 11.7. The van der Waals surface area contributed by atoms with E-state index in [-0.39, 0.29) is 0 Å². The Kier molecular flexibility index (Phi) is 3.68. The second kappa shape index (κ2) is 5.03. The minimum atomic E-state index is 0.407. The van der Waals surface area contributed by atoms with Crippen molar-refractivity contribution in [1.29, 1.82) is 0 Å². The van der Waals surface area contributed by atoms with Crippen LogP contribution in [0, 0.1) is 0 Å². The van der Waals surface area contributed by atoms with E-state index in [2.05, 4.69) is 31.7 Å². The zero-order valence-corrected chi connectivity index (χ0v) is 10.8. The second-order valence-electron chi connectivity index (χ2n) is 3.61. The Bertz CT molecular complexity index is 417. The first-order valence-electron chi connectivity index (χ1n) is 4.95. The van der Waals surface area contributed by atoms with E-state index in [4.69, 9.17) is 17.4 Å². The van der Waals surface area contributed by atoms with Crippen LogP contribution in [0.15, 0.2) is 27.7 Å². The van der Waals surface area contributed by atoms with Crippen LogP contribution in [0.1, 0.15) is 12.8 Å². The van der Waals surface area contributed by atoms with Crippen molar-refractivity contribution in [2.24, 2.45) is 10.8 Å². The van der Waals surface area contributed by atoms with Gasteiger partial charge in [-0.2, -0.15) is 0 Å². The fourth-order valence-electron chi connectivity index (χ4n) is 1.20. The molecule has 0 unspecified atom stereocenters. The van der Waals surface area contributed by atoms with Crippen LogP contribution in [0.25, 0.3) is 0 Å². The SMILES string of the molecule is NNC(=NC1CC1)Nc1ccc(Br)c(Cl)c1. The molecule has 2 rings (SSSR count). The van der Waals surface area contributed by atoms with Crippen molar-refractivity contribution in [2.45, 2.75) is 18.9 Å². The molecule has 1 aliphatic carbocycles. The molecule has 0 bridgehead atoms. The molecule has 86 valence electrons. The lowest BCUT2D eigenvalue weighted by Gasteiger charge is -2.09. The molecule has 0 amide bonds. The fourth-order valence-corrected chi connectivity index (χ4v) is 1.63. The average Bonchev–Trinajstić information content (AvgIpc) is 3.06. The number of nitrogens with one attached hydrogen (secondary N) is 2. The number of rotatable bonds is 2. The van der Waals surface area contributed by atoms with Crippen molar-refractivity contribution in [3.8, 4) is 0 Å². The van der Waals surface area contributed by atoms with Crippen molar-refractivity contribution in [3.05, 3.63) is 27.7 Å². The Labute approximate surface area is 107 Å². The number of guanidine groups is 1. The topological polar surface area (TPSA) is 62.4 Å². The molecular formula is C10H12BrClN4. The molecule has 4 N–H and O–H groups in total. The van der Waals surface area contributed by atoms with Crippen molar-refractivity contribution in [3.63, 3.8) is 0 Å². The summed E-state index contributed by atoms with van der Waals surface area (Å²) in [6.07, 6.45) is 2.27. The number of nitrogens with zero attached hydrogens (tertiary/aromatic N) is 1. The summed E-state index contributed by atoms with van der Waals surface area (Å²) >= 11 is 9.31. The second-order valence-corrected chi connectivity index (χ2v) is 4.87. The lowest BCUT2D eigenvalue weighted by Crippen LogP contribution is -2.36. The predicted octanol–water partition coefficient (Wildman–Crippen LogP) is 2.50. The van der Waals surface area contributed by atoms with Crippen LogP contribution in [0.2, 0.25) is 5.02 Å². The van der Waals surface area contributed by atoms with E-state index in [9.17, 15) is 0 Å². The molecule has 0 heterocycles. The maximum absolute atomic E-state index is 5.98. The number of aliphatic imine (C=N–C) groups is 1. The van der Waals surface area contributed by atoms with Crippen LogP contribution in [-0.4, -0.2) is 12.0 Å². The van der Waals surface area contributed by atoms with Crippen molar-refractivity contribution in [1.82, 2.24) is 5.43 Å². The van der Waals surface area contributed by atoms with Gasteiger partial charge >= 0.3 is 0 Å². The smallest absolute Gasteiger partial charge is 0.210 e. The van der Waals surface area contributed by atoms with Gasteiger partial charge in [0.2, 0.25) is 5.96 Å². The van der Waals surface area contributed by atoms with Gasteiger partial charge in [0.15, 0.2) is 0 Å². The molecule has 0 spiro atoms. The number of halogens is 2. The Morgan fingerprint density at radius 3 is 2.81 bits per heavy atom. The zero-order valence-electron chi connectivity index (χ0n) is 8.50. The highest BCUT2D eigenvalue weighted by molar-refractivity contribution is 9.10. The minimum Gasteiger partial charge on any atom is -0.325 e. The molecule has 6 heteroatoms. The summed E-state index contributed by atoms with van der Waals surface area (Å²) in [6, 6.07) is 5.99. The van der Waals surface area contributed by atoms with Crippen LogP contribution < -0.4 is 16.6 Å². The van der Waals surface area contributed by atoms with Gasteiger partial charge in [0, 0.05) is 10.2 Å². The zero-order chi connectivity index (χ0) is 11.5. The fraction of sp³-hybridized carbons (Fsp3) is 0.300. The third-order valence-electron chi connectivity index (χ3n) is 2.18. The molecule has 1 saturated carbocycles.